The summed E-state index contributed by atoms with van der Waals surface area (Å²) in [6, 6.07) is 7.66. The van der Waals surface area contributed by atoms with E-state index in [-0.39, 0.29) is 12.1 Å². The maximum Gasteiger partial charge on any atom is 0.323 e. The Morgan fingerprint density at radius 3 is 2.77 bits per heavy atom. The Morgan fingerprint density at radius 2 is 2.08 bits per heavy atom. The lowest BCUT2D eigenvalue weighted by molar-refractivity contribution is -0.137. The minimum absolute atomic E-state index is 0.236. The summed E-state index contributed by atoms with van der Waals surface area (Å²) in [5, 5.41) is 9.94. The average molecular weight is 368 g/mol. The van der Waals surface area contributed by atoms with Gasteiger partial charge in [-0.3, -0.25) is 14.2 Å². The van der Waals surface area contributed by atoms with E-state index in [1.807, 2.05) is 31.2 Å². The first-order valence-corrected chi connectivity index (χ1v) is 9.59. The van der Waals surface area contributed by atoms with Crippen molar-refractivity contribution < 1.29 is 9.90 Å². The van der Waals surface area contributed by atoms with E-state index in [4.69, 9.17) is 4.98 Å². The Morgan fingerprint density at radius 1 is 1.35 bits per heavy atom. The number of nitrogens with zero attached hydrogens (tertiary/aromatic N) is 2. The van der Waals surface area contributed by atoms with Gasteiger partial charge in [0.1, 0.15) is 17.2 Å². The fraction of sp³-hybridized carbons (Fsp3) is 0.350. The van der Waals surface area contributed by atoms with Crippen LogP contribution in [0, 0.1) is 12.8 Å². The first kappa shape index (κ1) is 17.0. The largest absolute Gasteiger partial charge is 0.480 e. The van der Waals surface area contributed by atoms with E-state index in [1.54, 1.807) is 11.3 Å². The number of aryl methyl sites for hydroxylation is 2. The number of aromatic nitrogens is 2. The third-order valence-corrected chi connectivity index (χ3v) is 6.17. The van der Waals surface area contributed by atoms with Crippen LogP contribution >= 0.6 is 11.3 Å². The van der Waals surface area contributed by atoms with E-state index in [9.17, 15) is 14.7 Å². The van der Waals surface area contributed by atoms with Crippen molar-refractivity contribution in [2.45, 2.75) is 39.7 Å². The van der Waals surface area contributed by atoms with Gasteiger partial charge in [0.15, 0.2) is 0 Å². The molecule has 26 heavy (non-hydrogen) atoms. The fourth-order valence-electron chi connectivity index (χ4n) is 3.63. The number of carboxylic acid groups (broad SMARTS) is 1. The summed E-state index contributed by atoms with van der Waals surface area (Å²) in [6.07, 6.45) is 2.88. The van der Waals surface area contributed by atoms with Crippen LogP contribution < -0.4 is 5.56 Å². The van der Waals surface area contributed by atoms with Crippen LogP contribution in [-0.2, 0) is 24.2 Å². The number of thiophene rings is 1. The van der Waals surface area contributed by atoms with Crippen molar-refractivity contribution in [3.63, 3.8) is 0 Å². The van der Waals surface area contributed by atoms with Crippen LogP contribution in [0.4, 0.5) is 0 Å². The molecule has 0 bridgehead atoms. The Hall–Kier alpha value is -2.47. The van der Waals surface area contributed by atoms with Gasteiger partial charge in [0.2, 0.25) is 0 Å². The zero-order valence-electron chi connectivity index (χ0n) is 14.8. The van der Waals surface area contributed by atoms with Gasteiger partial charge >= 0.3 is 5.97 Å². The summed E-state index contributed by atoms with van der Waals surface area (Å²) in [6.45, 7) is 3.83. The van der Waals surface area contributed by atoms with Crippen molar-refractivity contribution in [3.8, 4) is 11.4 Å². The zero-order valence-corrected chi connectivity index (χ0v) is 15.6. The van der Waals surface area contributed by atoms with Crippen LogP contribution in [0.5, 0.6) is 0 Å². The maximum absolute atomic E-state index is 13.2. The predicted molar refractivity (Wildman–Crippen MR) is 103 cm³/mol. The molecule has 134 valence electrons. The Bertz CT molecular complexity index is 1060. The summed E-state index contributed by atoms with van der Waals surface area (Å²) >= 11 is 1.59. The molecule has 1 aliphatic rings. The number of aliphatic carboxylic acids is 1. The van der Waals surface area contributed by atoms with Crippen molar-refractivity contribution in [1.29, 1.82) is 0 Å². The van der Waals surface area contributed by atoms with Gasteiger partial charge in [0, 0.05) is 10.4 Å². The molecule has 0 amide bonds. The second-order valence-electron chi connectivity index (χ2n) is 7.12. The molecule has 2 heterocycles. The summed E-state index contributed by atoms with van der Waals surface area (Å²) in [5.41, 5.74) is 2.70. The molecule has 1 N–H and O–H groups in total. The summed E-state index contributed by atoms with van der Waals surface area (Å²) in [5.74, 6) is -0.00995. The highest BCUT2D eigenvalue weighted by molar-refractivity contribution is 7.18. The number of rotatable bonds is 3. The second kappa shape index (κ2) is 6.36. The first-order chi connectivity index (χ1) is 12.4. The van der Waals surface area contributed by atoms with E-state index >= 15 is 0 Å². The van der Waals surface area contributed by atoms with Gasteiger partial charge < -0.3 is 5.11 Å². The van der Waals surface area contributed by atoms with Gasteiger partial charge in [-0.15, -0.1) is 11.3 Å². The fourth-order valence-corrected chi connectivity index (χ4v) is 5.00. The molecule has 0 fully saturated rings. The second-order valence-corrected chi connectivity index (χ2v) is 8.20. The van der Waals surface area contributed by atoms with Gasteiger partial charge in [-0.05, 0) is 37.7 Å². The normalized spacial score (nSPS) is 16.6. The van der Waals surface area contributed by atoms with Gasteiger partial charge in [0.25, 0.3) is 5.56 Å². The molecule has 0 aliphatic heterocycles. The third kappa shape index (κ3) is 2.84. The topological polar surface area (TPSA) is 72.2 Å². The molecule has 1 unspecified atom stereocenters. The smallest absolute Gasteiger partial charge is 0.323 e. The third-order valence-electron chi connectivity index (χ3n) is 5.02. The minimum Gasteiger partial charge on any atom is -0.480 e. The molecule has 6 heteroatoms. The molecular formula is C20H20N2O3S. The molecule has 1 aromatic carbocycles. The van der Waals surface area contributed by atoms with E-state index in [1.165, 1.54) is 9.44 Å². The Balaban J connectivity index is 2.00. The highest BCUT2D eigenvalue weighted by atomic mass is 32.1. The highest BCUT2D eigenvalue weighted by Gasteiger charge is 2.25. The SMILES string of the molecule is Cc1ccc(-c2nc3sc4c(c3c(=O)n2CC(=O)O)CCC(C)C4)cc1. The summed E-state index contributed by atoms with van der Waals surface area (Å²) < 4.78 is 1.31. The van der Waals surface area contributed by atoms with Crippen molar-refractivity contribution in [3.05, 3.63) is 50.6 Å². The molecule has 0 saturated carbocycles. The Kier molecular flexibility index (Phi) is 4.15. The number of fused-ring (bicyclic) bond motifs is 3. The quantitative estimate of drug-likeness (QED) is 0.766. The van der Waals surface area contributed by atoms with Gasteiger partial charge in [-0.2, -0.15) is 0 Å². The minimum atomic E-state index is -1.04. The van der Waals surface area contributed by atoms with Crippen LogP contribution in [0.1, 0.15) is 29.3 Å². The molecule has 1 atom stereocenters. The number of benzene rings is 1. The molecular weight excluding hydrogens is 348 g/mol. The van der Waals surface area contributed by atoms with Crippen LogP contribution in [0.3, 0.4) is 0 Å². The molecule has 0 saturated heterocycles. The highest BCUT2D eigenvalue weighted by Crippen LogP contribution is 2.36. The lowest BCUT2D eigenvalue weighted by Crippen LogP contribution is -2.27. The molecule has 1 aliphatic carbocycles. The van der Waals surface area contributed by atoms with Gasteiger partial charge in [0.05, 0.1) is 5.39 Å². The molecule has 4 rings (SSSR count). The lowest BCUT2D eigenvalue weighted by Gasteiger charge is -2.17. The molecule has 5 nitrogen and oxygen atoms in total. The van der Waals surface area contributed by atoms with Gasteiger partial charge in [-0.25, -0.2) is 4.98 Å². The number of hydrogen-bond acceptors (Lipinski definition) is 4. The van der Waals surface area contributed by atoms with E-state index in [0.717, 1.165) is 40.8 Å². The molecule has 2 aromatic heterocycles. The summed E-state index contributed by atoms with van der Waals surface area (Å²) in [7, 11) is 0. The summed E-state index contributed by atoms with van der Waals surface area (Å²) in [4.78, 5) is 31.3. The number of carbonyl (C=O) groups is 1. The lowest BCUT2D eigenvalue weighted by atomic mass is 9.89. The number of hydrogen-bond donors (Lipinski definition) is 1. The van der Waals surface area contributed by atoms with E-state index < -0.39 is 5.97 Å². The van der Waals surface area contributed by atoms with Crippen molar-refractivity contribution in [2.24, 2.45) is 5.92 Å². The maximum atomic E-state index is 13.2. The van der Waals surface area contributed by atoms with Crippen LogP contribution in [0.15, 0.2) is 29.1 Å². The van der Waals surface area contributed by atoms with E-state index in [2.05, 4.69) is 6.92 Å². The molecule has 0 spiro atoms. The van der Waals surface area contributed by atoms with Crippen LogP contribution in [0.2, 0.25) is 0 Å². The van der Waals surface area contributed by atoms with Crippen LogP contribution in [0.25, 0.3) is 21.6 Å². The monoisotopic (exact) mass is 368 g/mol. The van der Waals surface area contributed by atoms with Crippen molar-refractivity contribution >= 4 is 27.5 Å². The average Bonchev–Trinajstić information content (AvgIpc) is 2.95. The Labute approximate surface area is 154 Å². The first-order valence-electron chi connectivity index (χ1n) is 8.78. The molecule has 3 aromatic rings. The zero-order chi connectivity index (χ0) is 18.4. The molecule has 0 radical (unpaired) electrons. The van der Waals surface area contributed by atoms with E-state index in [0.29, 0.717) is 17.1 Å². The van der Waals surface area contributed by atoms with Crippen LogP contribution in [-0.4, -0.2) is 20.6 Å². The van der Waals surface area contributed by atoms with Gasteiger partial charge in [-0.1, -0.05) is 36.8 Å². The number of carboxylic acids is 1. The van der Waals surface area contributed by atoms with Crippen molar-refractivity contribution in [1.82, 2.24) is 9.55 Å². The van der Waals surface area contributed by atoms with Crippen molar-refractivity contribution in [2.75, 3.05) is 0 Å². The standard InChI is InChI=1S/C20H20N2O3S/c1-11-3-6-13(7-4-11)18-21-19-17(20(25)22(18)10-16(23)24)14-8-5-12(2)9-15(14)26-19/h3-4,6-7,12H,5,8-10H2,1-2H3,(H,23,24). The predicted octanol–water partition coefficient (Wildman–Crippen LogP) is 3.64.